The summed E-state index contributed by atoms with van der Waals surface area (Å²) < 4.78 is 6.83. The second-order valence-electron chi connectivity index (χ2n) is 9.68. The molecule has 1 aromatic carbocycles. The Bertz CT molecular complexity index is 1290. The quantitative estimate of drug-likeness (QED) is 0.595. The number of aliphatic hydroxyl groups is 1. The number of β-amino-alcohol motifs (C(OH)–C–C–N with tert-alkyl or cyclic N) is 1. The lowest BCUT2D eigenvalue weighted by Gasteiger charge is -2.38. The molecule has 3 aliphatic heterocycles. The summed E-state index contributed by atoms with van der Waals surface area (Å²) in [6, 6.07) is 7.48. The number of rotatable bonds is 4. The highest BCUT2D eigenvalue weighted by Crippen LogP contribution is 2.43. The minimum Gasteiger partial charge on any atom is -0.457 e. The molecule has 2 fully saturated rings. The van der Waals surface area contributed by atoms with Crippen molar-refractivity contribution >= 4 is 23.1 Å². The molecule has 1 spiro atoms. The van der Waals surface area contributed by atoms with Gasteiger partial charge in [0.1, 0.15) is 6.61 Å². The number of likely N-dealkylation sites (tertiary alicyclic amines) is 1. The van der Waals surface area contributed by atoms with Gasteiger partial charge in [-0.3, -0.25) is 4.79 Å². The monoisotopic (exact) mass is 461 g/mol. The van der Waals surface area contributed by atoms with Gasteiger partial charge in [0.15, 0.2) is 0 Å². The minimum absolute atomic E-state index is 0.186. The first-order valence-corrected chi connectivity index (χ1v) is 11.8. The Hall–Kier alpha value is -3.30. The van der Waals surface area contributed by atoms with Crippen LogP contribution in [0.5, 0.6) is 0 Å². The van der Waals surface area contributed by atoms with Gasteiger partial charge in [-0.15, -0.1) is 5.10 Å². The maximum absolute atomic E-state index is 13.5. The van der Waals surface area contributed by atoms with Gasteiger partial charge in [0.2, 0.25) is 5.91 Å². The summed E-state index contributed by atoms with van der Waals surface area (Å²) in [6.45, 7) is 4.96. The second kappa shape index (κ2) is 7.89. The predicted octanol–water partition coefficient (Wildman–Crippen LogP) is 2.26. The highest BCUT2D eigenvalue weighted by atomic mass is 16.5. The lowest BCUT2D eigenvalue weighted by molar-refractivity contribution is -0.128. The first kappa shape index (κ1) is 21.2. The standard InChI is InChI=1S/C25H27N5O4/c1-16-19(4-5-20-21(16)15-34-23(20)32)22(31)14-28-9-6-25(7-10-28)8-11-29(24(25)33)18-3-2-17-12-26-27-30(17)13-18/h2-5,12-13,22,31H,6-11,14-15H2,1H3/t22-/m0/s1. The van der Waals surface area contributed by atoms with E-state index < -0.39 is 6.10 Å². The van der Waals surface area contributed by atoms with Gasteiger partial charge in [-0.1, -0.05) is 11.3 Å². The Kier molecular flexibility index (Phi) is 4.93. The van der Waals surface area contributed by atoms with Crippen LogP contribution in [-0.2, 0) is 16.1 Å². The number of ether oxygens (including phenoxy) is 1. The Labute approximate surface area is 196 Å². The molecule has 0 unspecified atom stereocenters. The third-order valence-corrected chi connectivity index (χ3v) is 7.92. The molecule has 176 valence electrons. The van der Waals surface area contributed by atoms with E-state index in [0.29, 0.717) is 18.7 Å². The first-order chi connectivity index (χ1) is 16.4. The molecule has 0 saturated carbocycles. The van der Waals surface area contributed by atoms with Crippen molar-refractivity contribution < 1.29 is 19.4 Å². The number of hydrogen-bond acceptors (Lipinski definition) is 7. The van der Waals surface area contributed by atoms with Crippen LogP contribution in [0.3, 0.4) is 0 Å². The van der Waals surface area contributed by atoms with Gasteiger partial charge >= 0.3 is 5.97 Å². The molecule has 1 amide bonds. The number of anilines is 1. The van der Waals surface area contributed by atoms with Crippen molar-refractivity contribution in [2.24, 2.45) is 5.41 Å². The molecule has 6 rings (SSSR count). The first-order valence-electron chi connectivity index (χ1n) is 11.8. The van der Waals surface area contributed by atoms with Crippen molar-refractivity contribution in [2.45, 2.75) is 38.9 Å². The fourth-order valence-corrected chi connectivity index (χ4v) is 5.74. The number of pyridine rings is 1. The van der Waals surface area contributed by atoms with Crippen LogP contribution in [0, 0.1) is 12.3 Å². The fourth-order valence-electron chi connectivity index (χ4n) is 5.74. The molecule has 0 radical (unpaired) electrons. The zero-order valence-corrected chi connectivity index (χ0v) is 19.1. The number of esters is 1. The van der Waals surface area contributed by atoms with E-state index in [4.69, 9.17) is 4.74 Å². The SMILES string of the molecule is Cc1c([C@@H](O)CN2CCC3(CC2)CCN(c2ccc4cnnn4c2)C3=O)ccc2c1COC2=O. The van der Waals surface area contributed by atoms with Gasteiger partial charge in [0, 0.05) is 18.7 Å². The van der Waals surface area contributed by atoms with Gasteiger partial charge in [-0.2, -0.15) is 0 Å². The molecule has 1 atom stereocenters. The number of nitrogens with zero attached hydrogens (tertiary/aromatic N) is 5. The van der Waals surface area contributed by atoms with Crippen molar-refractivity contribution in [3.63, 3.8) is 0 Å². The van der Waals surface area contributed by atoms with Gasteiger partial charge in [0.25, 0.3) is 0 Å². The van der Waals surface area contributed by atoms with Crippen LogP contribution in [-0.4, -0.2) is 62.9 Å². The number of piperidine rings is 1. The van der Waals surface area contributed by atoms with Crippen molar-refractivity contribution in [1.29, 1.82) is 0 Å². The molecule has 2 saturated heterocycles. The number of cyclic esters (lactones) is 1. The van der Waals surface area contributed by atoms with E-state index >= 15 is 0 Å². The van der Waals surface area contributed by atoms with Crippen molar-refractivity contribution in [1.82, 2.24) is 19.7 Å². The van der Waals surface area contributed by atoms with E-state index in [2.05, 4.69) is 15.2 Å². The lowest BCUT2D eigenvalue weighted by atomic mass is 9.77. The molecular formula is C25H27N5O4. The van der Waals surface area contributed by atoms with Gasteiger partial charge in [0.05, 0.1) is 40.7 Å². The normalized spacial score (nSPS) is 20.8. The third-order valence-electron chi connectivity index (χ3n) is 7.92. The fraction of sp³-hybridized carbons (Fsp3) is 0.440. The number of amides is 1. The summed E-state index contributed by atoms with van der Waals surface area (Å²) in [7, 11) is 0. The number of fused-ring (bicyclic) bond motifs is 2. The molecule has 0 aliphatic carbocycles. The molecule has 3 aliphatic rings. The van der Waals surface area contributed by atoms with E-state index in [1.54, 1.807) is 16.8 Å². The summed E-state index contributed by atoms with van der Waals surface area (Å²) in [5, 5.41) is 18.9. The van der Waals surface area contributed by atoms with Crippen LogP contribution in [0.1, 0.15) is 52.4 Å². The second-order valence-corrected chi connectivity index (χ2v) is 9.68. The summed E-state index contributed by atoms with van der Waals surface area (Å²) >= 11 is 0. The molecule has 0 bridgehead atoms. The lowest BCUT2D eigenvalue weighted by Crippen LogP contribution is -2.45. The van der Waals surface area contributed by atoms with E-state index in [1.165, 1.54) is 0 Å². The molecule has 2 aromatic heterocycles. The zero-order valence-electron chi connectivity index (χ0n) is 19.1. The van der Waals surface area contributed by atoms with E-state index in [9.17, 15) is 14.7 Å². The maximum atomic E-state index is 13.5. The molecule has 3 aromatic rings. The summed E-state index contributed by atoms with van der Waals surface area (Å²) in [5.41, 5.74) is 4.65. The van der Waals surface area contributed by atoms with Crippen molar-refractivity contribution in [3.8, 4) is 0 Å². The summed E-state index contributed by atoms with van der Waals surface area (Å²) in [6.07, 6.45) is 5.31. The molecule has 9 heteroatoms. The molecule has 9 nitrogen and oxygen atoms in total. The van der Waals surface area contributed by atoms with E-state index in [1.807, 2.05) is 36.2 Å². The number of hydrogen-bond donors (Lipinski definition) is 1. The number of carbonyl (C=O) groups is 2. The molecule has 34 heavy (non-hydrogen) atoms. The Balaban J connectivity index is 1.11. The predicted molar refractivity (Wildman–Crippen MR) is 123 cm³/mol. The summed E-state index contributed by atoms with van der Waals surface area (Å²) in [4.78, 5) is 29.4. The minimum atomic E-state index is -0.653. The van der Waals surface area contributed by atoms with Gasteiger partial charge in [-0.05, 0) is 68.6 Å². The van der Waals surface area contributed by atoms with Crippen LogP contribution in [0.15, 0.2) is 36.7 Å². The smallest absolute Gasteiger partial charge is 0.338 e. The Morgan fingerprint density at radius 1 is 1.12 bits per heavy atom. The van der Waals surface area contributed by atoms with Crippen LogP contribution < -0.4 is 4.90 Å². The molecule has 1 N–H and O–H groups in total. The van der Waals surface area contributed by atoms with Crippen molar-refractivity contribution in [2.75, 3.05) is 31.1 Å². The zero-order chi connectivity index (χ0) is 23.4. The maximum Gasteiger partial charge on any atom is 0.338 e. The molecule has 5 heterocycles. The highest BCUT2D eigenvalue weighted by molar-refractivity contribution is 6.00. The summed E-state index contributed by atoms with van der Waals surface area (Å²) in [5.74, 6) is -0.108. The average Bonchev–Trinajstić information content (AvgIpc) is 3.54. The third kappa shape index (κ3) is 3.30. The average molecular weight is 462 g/mol. The van der Waals surface area contributed by atoms with E-state index in [0.717, 1.165) is 60.2 Å². The largest absolute Gasteiger partial charge is 0.457 e. The number of aromatic nitrogens is 3. The number of carbonyl (C=O) groups excluding carboxylic acids is 2. The highest BCUT2D eigenvalue weighted by Gasteiger charge is 2.48. The van der Waals surface area contributed by atoms with Crippen LogP contribution in [0.4, 0.5) is 5.69 Å². The Morgan fingerprint density at radius 3 is 2.74 bits per heavy atom. The van der Waals surface area contributed by atoms with Crippen LogP contribution >= 0.6 is 0 Å². The topological polar surface area (TPSA) is 100 Å². The van der Waals surface area contributed by atoms with Crippen molar-refractivity contribution in [3.05, 3.63) is 58.9 Å². The van der Waals surface area contributed by atoms with Crippen LogP contribution in [0.2, 0.25) is 0 Å². The molecular weight excluding hydrogens is 434 g/mol. The Morgan fingerprint density at radius 2 is 1.91 bits per heavy atom. The van der Waals surface area contributed by atoms with Crippen LogP contribution in [0.25, 0.3) is 5.52 Å². The number of benzene rings is 1. The van der Waals surface area contributed by atoms with Gasteiger partial charge < -0.3 is 19.6 Å². The van der Waals surface area contributed by atoms with E-state index in [-0.39, 0.29) is 23.9 Å². The van der Waals surface area contributed by atoms with Gasteiger partial charge in [-0.25, -0.2) is 9.31 Å². The number of aliphatic hydroxyl groups excluding tert-OH is 1.